The average molecular weight is 490 g/mol. The second-order valence-electron chi connectivity index (χ2n) is 8.31. The summed E-state index contributed by atoms with van der Waals surface area (Å²) in [7, 11) is 0. The molecule has 3 aromatic heterocycles. The number of benzene rings is 1. The van der Waals surface area contributed by atoms with E-state index in [1.165, 1.54) is 25.9 Å². The van der Waals surface area contributed by atoms with E-state index < -0.39 is 23.0 Å². The Morgan fingerprint density at radius 2 is 1.71 bits per heavy atom. The van der Waals surface area contributed by atoms with Gasteiger partial charge in [-0.25, -0.2) is 14.5 Å². The smallest absolute Gasteiger partial charge is 0.336 e. The van der Waals surface area contributed by atoms with E-state index in [0.29, 0.717) is 47.9 Å². The van der Waals surface area contributed by atoms with Crippen molar-refractivity contribution < 1.29 is 13.2 Å². The molecule has 3 heterocycles. The normalized spacial score (nSPS) is 12.0. The predicted molar refractivity (Wildman–Crippen MR) is 121 cm³/mol. The van der Waals surface area contributed by atoms with Crippen molar-refractivity contribution in [3.63, 3.8) is 0 Å². The highest BCUT2D eigenvalue weighted by molar-refractivity contribution is 5.69. The van der Waals surface area contributed by atoms with Crippen LogP contribution in [0.2, 0.25) is 0 Å². The van der Waals surface area contributed by atoms with Crippen molar-refractivity contribution in [2.24, 2.45) is 0 Å². The van der Waals surface area contributed by atoms with E-state index in [4.69, 9.17) is 0 Å². The van der Waals surface area contributed by atoms with Gasteiger partial charge < -0.3 is 4.98 Å². The summed E-state index contributed by atoms with van der Waals surface area (Å²) >= 11 is 0. The summed E-state index contributed by atoms with van der Waals surface area (Å²) in [5, 5.41) is 11.6. The molecule has 0 aliphatic carbocycles. The van der Waals surface area contributed by atoms with E-state index in [1.807, 2.05) is 6.92 Å². The zero-order chi connectivity index (χ0) is 25.2. The maximum absolute atomic E-state index is 13.1. The fraction of sp³-hybridized carbons (Fsp3) is 0.455. The summed E-state index contributed by atoms with van der Waals surface area (Å²) in [6.45, 7) is 4.68. The van der Waals surface area contributed by atoms with Crippen molar-refractivity contribution in [2.75, 3.05) is 0 Å². The van der Waals surface area contributed by atoms with E-state index in [2.05, 4.69) is 25.5 Å². The number of halogens is 3. The number of aromatic nitrogens is 8. The number of nitrogens with zero attached hydrogens (tertiary/aromatic N) is 7. The van der Waals surface area contributed by atoms with Crippen molar-refractivity contribution >= 4 is 11.2 Å². The number of aromatic amines is 1. The predicted octanol–water partition coefficient (Wildman–Crippen LogP) is 2.68. The summed E-state index contributed by atoms with van der Waals surface area (Å²) < 4.78 is 42.6. The van der Waals surface area contributed by atoms with E-state index in [1.54, 1.807) is 6.92 Å². The quantitative estimate of drug-likeness (QED) is 0.386. The highest BCUT2D eigenvalue weighted by Crippen LogP contribution is 2.29. The van der Waals surface area contributed by atoms with Crippen molar-refractivity contribution in [2.45, 2.75) is 65.3 Å². The van der Waals surface area contributed by atoms with Crippen LogP contribution in [0.25, 0.3) is 11.2 Å². The molecule has 0 saturated heterocycles. The molecule has 0 spiro atoms. The third-order valence-electron chi connectivity index (χ3n) is 5.72. The number of H-pyrrole nitrogens is 1. The summed E-state index contributed by atoms with van der Waals surface area (Å²) in [5.74, 6) is 1.03. The Hall–Kier alpha value is -3.77. The van der Waals surface area contributed by atoms with Gasteiger partial charge in [0.1, 0.15) is 11.3 Å². The molecule has 0 aliphatic heterocycles. The van der Waals surface area contributed by atoms with Crippen LogP contribution in [-0.2, 0) is 32.2 Å². The number of hydrogen-bond acceptors (Lipinski definition) is 6. The Morgan fingerprint density at radius 1 is 1.00 bits per heavy atom. The summed E-state index contributed by atoms with van der Waals surface area (Å²) in [4.78, 5) is 33.3. The summed E-state index contributed by atoms with van der Waals surface area (Å²) in [6.07, 6.45) is -2.10. The Labute approximate surface area is 197 Å². The Bertz CT molecular complexity index is 1430. The first-order chi connectivity index (χ1) is 16.7. The Balaban J connectivity index is 1.50. The van der Waals surface area contributed by atoms with Crippen LogP contribution in [0, 0.1) is 6.92 Å². The lowest BCUT2D eigenvalue weighted by molar-refractivity contribution is -0.137. The molecule has 186 valence electrons. The third-order valence-corrected chi connectivity index (χ3v) is 5.72. The van der Waals surface area contributed by atoms with Crippen molar-refractivity contribution in [1.29, 1.82) is 0 Å². The van der Waals surface area contributed by atoms with E-state index in [-0.39, 0.29) is 13.0 Å². The van der Waals surface area contributed by atoms with Crippen molar-refractivity contribution in [3.05, 3.63) is 67.9 Å². The molecule has 0 radical (unpaired) electrons. The van der Waals surface area contributed by atoms with E-state index in [9.17, 15) is 22.8 Å². The van der Waals surface area contributed by atoms with Crippen LogP contribution in [0.5, 0.6) is 0 Å². The lowest BCUT2D eigenvalue weighted by Gasteiger charge is -2.11. The topological polar surface area (TPSA) is 116 Å². The molecule has 0 aliphatic rings. The third kappa shape index (κ3) is 5.17. The van der Waals surface area contributed by atoms with Crippen molar-refractivity contribution in [1.82, 2.24) is 39.3 Å². The molecule has 1 N–H and O–H groups in total. The molecule has 10 nitrogen and oxygen atoms in total. The maximum atomic E-state index is 13.1. The number of tetrazole rings is 1. The van der Waals surface area contributed by atoms with Crippen LogP contribution in [0.4, 0.5) is 13.2 Å². The number of imidazole rings is 1. The first-order valence-electron chi connectivity index (χ1n) is 11.3. The molecule has 35 heavy (non-hydrogen) atoms. The van der Waals surface area contributed by atoms with Gasteiger partial charge in [-0.1, -0.05) is 25.5 Å². The molecule has 13 heteroatoms. The molecule has 1 aromatic carbocycles. The van der Waals surface area contributed by atoms with Gasteiger partial charge in [-0.3, -0.25) is 13.9 Å². The van der Waals surface area contributed by atoms with Gasteiger partial charge >= 0.3 is 11.9 Å². The SMILES string of the molecule is CCCCn1c(=O)n(CCCn2nnnc2Cc2ccc(C(F)(F)F)cc2)c(=O)c2[nH]c(C)nc21. The van der Waals surface area contributed by atoms with Crippen LogP contribution in [0.15, 0.2) is 33.9 Å². The van der Waals surface area contributed by atoms with Gasteiger partial charge in [-0.05, 0) is 47.9 Å². The Kier molecular flexibility index (Phi) is 6.85. The summed E-state index contributed by atoms with van der Waals surface area (Å²) in [6, 6.07) is 4.82. The highest BCUT2D eigenvalue weighted by Gasteiger charge is 2.30. The minimum atomic E-state index is -4.40. The monoisotopic (exact) mass is 490 g/mol. The minimum Gasteiger partial charge on any atom is -0.336 e. The zero-order valence-electron chi connectivity index (χ0n) is 19.3. The maximum Gasteiger partial charge on any atom is 0.416 e. The molecule has 0 saturated carbocycles. The molecule has 4 aromatic rings. The number of nitrogens with one attached hydrogen (secondary N) is 1. The molecule has 0 atom stereocenters. The van der Waals surface area contributed by atoms with Gasteiger partial charge in [0.05, 0.1) is 5.56 Å². The fourth-order valence-electron chi connectivity index (χ4n) is 3.89. The number of alkyl halides is 3. The van der Waals surface area contributed by atoms with Crippen molar-refractivity contribution in [3.8, 4) is 0 Å². The number of hydrogen-bond donors (Lipinski definition) is 1. The van der Waals surface area contributed by atoms with Gasteiger partial charge in [0, 0.05) is 26.1 Å². The lowest BCUT2D eigenvalue weighted by Crippen LogP contribution is -2.40. The first-order valence-corrected chi connectivity index (χ1v) is 11.3. The van der Waals surface area contributed by atoms with Crippen LogP contribution >= 0.6 is 0 Å². The van der Waals surface area contributed by atoms with Gasteiger partial charge in [0.2, 0.25) is 0 Å². The van der Waals surface area contributed by atoms with Gasteiger partial charge in [0.25, 0.3) is 5.56 Å². The van der Waals surface area contributed by atoms with Crippen LogP contribution < -0.4 is 11.2 Å². The molecule has 0 bridgehead atoms. The molecular weight excluding hydrogens is 465 g/mol. The number of fused-ring (bicyclic) bond motifs is 1. The highest BCUT2D eigenvalue weighted by atomic mass is 19.4. The Morgan fingerprint density at radius 3 is 2.40 bits per heavy atom. The lowest BCUT2D eigenvalue weighted by atomic mass is 10.1. The van der Waals surface area contributed by atoms with Crippen LogP contribution in [0.1, 0.15) is 49.0 Å². The molecular formula is C22H25F3N8O2. The van der Waals surface area contributed by atoms with E-state index >= 15 is 0 Å². The van der Waals surface area contributed by atoms with Crippen LogP contribution in [0.3, 0.4) is 0 Å². The largest absolute Gasteiger partial charge is 0.416 e. The average Bonchev–Trinajstić information content (AvgIpc) is 3.42. The first kappa shape index (κ1) is 24.4. The number of aryl methyl sites for hydroxylation is 3. The number of rotatable bonds is 9. The standard InChI is InChI=1S/C22H25F3N8O2/c1-3-4-10-31-19-18(26-14(2)27-19)20(34)32(21(31)35)11-5-12-33-17(28-29-30-33)13-15-6-8-16(9-7-15)22(23,24)25/h6-9H,3-5,10-13H2,1-2H3,(H,26,27). The van der Waals surface area contributed by atoms with Gasteiger partial charge in [0.15, 0.2) is 11.5 Å². The molecule has 4 rings (SSSR count). The summed E-state index contributed by atoms with van der Waals surface area (Å²) in [5.41, 5.74) is -0.279. The minimum absolute atomic E-state index is 0.150. The van der Waals surface area contributed by atoms with Gasteiger partial charge in [-0.2, -0.15) is 13.2 Å². The molecule has 0 unspecified atom stereocenters. The number of unbranched alkanes of at least 4 members (excludes halogenated alkanes) is 1. The molecule has 0 fully saturated rings. The molecule has 0 amide bonds. The fourth-order valence-corrected chi connectivity index (χ4v) is 3.89. The van der Waals surface area contributed by atoms with Gasteiger partial charge in [-0.15, -0.1) is 5.10 Å². The van der Waals surface area contributed by atoms with Crippen LogP contribution in [-0.4, -0.2) is 39.3 Å². The zero-order valence-corrected chi connectivity index (χ0v) is 19.3. The second kappa shape index (κ2) is 9.84. The second-order valence-corrected chi connectivity index (χ2v) is 8.31. The van der Waals surface area contributed by atoms with E-state index in [0.717, 1.165) is 25.0 Å².